The number of hydrogen-bond donors (Lipinski definition) is 2. The van der Waals surface area contributed by atoms with E-state index >= 15 is 0 Å². The molecule has 0 amide bonds. The molecule has 8 heteroatoms. The maximum absolute atomic E-state index is 8.93. The van der Waals surface area contributed by atoms with Crippen LogP contribution >= 0.6 is 27.3 Å². The Morgan fingerprint density at radius 1 is 1.32 bits per heavy atom. The van der Waals surface area contributed by atoms with Crippen molar-refractivity contribution < 1.29 is 14.7 Å². The summed E-state index contributed by atoms with van der Waals surface area (Å²) in [6.07, 6.45) is 0. The topological polar surface area (TPSA) is 82.6 Å². The third-order valence-electron chi connectivity index (χ3n) is 2.45. The van der Waals surface area contributed by atoms with E-state index in [4.69, 9.17) is 14.7 Å². The predicted octanol–water partition coefficient (Wildman–Crippen LogP) is 1.35. The number of halogens is 1. The maximum Gasteiger partial charge on any atom is 0.241 e. The first-order chi connectivity index (χ1) is 9.22. The highest BCUT2D eigenvalue weighted by atomic mass is 79.9. The van der Waals surface area contributed by atoms with Gasteiger partial charge in [0.05, 0.1) is 24.6 Å². The Kier molecular flexibility index (Phi) is 5.46. The number of aromatic nitrogens is 2. The standard InChI is InChI=1S/C11H14BrN3O3S/c12-8-5-9(19-7-8)11-13-10(18-14-11)6-15(1-3-16)2-4-17/h5,7,16-17H,1-4,6H2. The van der Waals surface area contributed by atoms with Gasteiger partial charge in [0, 0.05) is 22.9 Å². The minimum absolute atomic E-state index is 0.0267. The quantitative estimate of drug-likeness (QED) is 0.786. The van der Waals surface area contributed by atoms with Crippen LogP contribution in [0, 0.1) is 0 Å². The van der Waals surface area contributed by atoms with Gasteiger partial charge in [0.25, 0.3) is 0 Å². The molecule has 19 heavy (non-hydrogen) atoms. The lowest BCUT2D eigenvalue weighted by molar-refractivity contribution is 0.143. The Labute approximate surface area is 122 Å². The number of aliphatic hydroxyl groups excluding tert-OH is 2. The Morgan fingerprint density at radius 3 is 2.63 bits per heavy atom. The van der Waals surface area contributed by atoms with E-state index in [-0.39, 0.29) is 13.2 Å². The monoisotopic (exact) mass is 347 g/mol. The second-order valence-corrected chi connectivity index (χ2v) is 5.69. The number of nitrogens with zero attached hydrogens (tertiary/aromatic N) is 3. The van der Waals surface area contributed by atoms with Crippen molar-refractivity contribution in [2.75, 3.05) is 26.3 Å². The van der Waals surface area contributed by atoms with E-state index in [0.717, 1.165) is 9.35 Å². The fourth-order valence-corrected chi connectivity index (χ4v) is 2.95. The molecule has 2 N–H and O–H groups in total. The first-order valence-electron chi connectivity index (χ1n) is 5.74. The molecule has 0 atom stereocenters. The van der Waals surface area contributed by atoms with Gasteiger partial charge in [-0.3, -0.25) is 4.90 Å². The molecule has 0 radical (unpaired) electrons. The van der Waals surface area contributed by atoms with Gasteiger partial charge in [-0.2, -0.15) is 4.98 Å². The zero-order valence-electron chi connectivity index (χ0n) is 10.1. The van der Waals surface area contributed by atoms with Gasteiger partial charge < -0.3 is 14.7 Å². The van der Waals surface area contributed by atoms with E-state index in [0.29, 0.717) is 31.3 Å². The van der Waals surface area contributed by atoms with Crippen molar-refractivity contribution in [3.05, 3.63) is 21.8 Å². The lowest BCUT2D eigenvalue weighted by atomic mass is 10.4. The molecule has 0 aromatic carbocycles. The van der Waals surface area contributed by atoms with Gasteiger partial charge >= 0.3 is 0 Å². The molecular weight excluding hydrogens is 334 g/mol. The molecule has 2 aromatic rings. The summed E-state index contributed by atoms with van der Waals surface area (Å²) in [6, 6.07) is 1.93. The van der Waals surface area contributed by atoms with Gasteiger partial charge in [-0.1, -0.05) is 5.16 Å². The van der Waals surface area contributed by atoms with Crippen LogP contribution in [0.15, 0.2) is 20.4 Å². The molecule has 0 aliphatic heterocycles. The molecular formula is C11H14BrN3O3S. The summed E-state index contributed by atoms with van der Waals surface area (Å²) in [5, 5.41) is 23.7. The molecule has 2 heterocycles. The first-order valence-corrected chi connectivity index (χ1v) is 7.41. The summed E-state index contributed by atoms with van der Waals surface area (Å²) < 4.78 is 6.16. The SMILES string of the molecule is OCCN(CCO)Cc1nc(-c2cc(Br)cs2)no1. The summed E-state index contributed by atoms with van der Waals surface area (Å²) in [4.78, 5) is 7.08. The third kappa shape index (κ3) is 4.08. The fourth-order valence-electron chi connectivity index (χ4n) is 1.59. The molecule has 2 rings (SSSR count). The molecule has 0 bridgehead atoms. The predicted molar refractivity (Wildman–Crippen MR) is 74.8 cm³/mol. The molecule has 0 unspecified atom stereocenters. The van der Waals surface area contributed by atoms with Gasteiger partial charge in [-0.05, 0) is 22.0 Å². The summed E-state index contributed by atoms with van der Waals surface area (Å²) in [6.45, 7) is 1.39. The van der Waals surface area contributed by atoms with E-state index in [9.17, 15) is 0 Å². The smallest absolute Gasteiger partial charge is 0.241 e. The number of rotatable bonds is 7. The van der Waals surface area contributed by atoms with Crippen molar-refractivity contribution in [3.8, 4) is 10.7 Å². The lowest BCUT2D eigenvalue weighted by Crippen LogP contribution is -2.29. The van der Waals surface area contributed by atoms with Crippen LogP contribution in [0.2, 0.25) is 0 Å². The highest BCUT2D eigenvalue weighted by molar-refractivity contribution is 9.10. The molecule has 104 valence electrons. The van der Waals surface area contributed by atoms with Crippen LogP contribution < -0.4 is 0 Å². The Hall–Kier alpha value is -0.800. The zero-order chi connectivity index (χ0) is 13.7. The largest absolute Gasteiger partial charge is 0.395 e. The lowest BCUT2D eigenvalue weighted by Gasteiger charge is -2.17. The van der Waals surface area contributed by atoms with Crippen molar-refractivity contribution in [3.63, 3.8) is 0 Å². The Balaban J connectivity index is 2.03. The van der Waals surface area contributed by atoms with Crippen LogP contribution in [0.25, 0.3) is 10.7 Å². The van der Waals surface area contributed by atoms with Gasteiger partial charge in [-0.25, -0.2) is 0 Å². The van der Waals surface area contributed by atoms with Crippen LogP contribution in [-0.4, -0.2) is 51.6 Å². The van der Waals surface area contributed by atoms with E-state index < -0.39 is 0 Å². The number of hydrogen-bond acceptors (Lipinski definition) is 7. The van der Waals surface area contributed by atoms with Gasteiger partial charge in [0.1, 0.15) is 0 Å². The summed E-state index contributed by atoms with van der Waals surface area (Å²) in [7, 11) is 0. The minimum atomic E-state index is 0.0267. The first kappa shape index (κ1) is 14.6. The second kappa shape index (κ2) is 7.11. The van der Waals surface area contributed by atoms with Gasteiger partial charge in [0.15, 0.2) is 0 Å². The highest BCUT2D eigenvalue weighted by Crippen LogP contribution is 2.27. The zero-order valence-corrected chi connectivity index (χ0v) is 12.5. The Bertz CT molecular complexity index is 511. The molecule has 0 saturated heterocycles. The van der Waals surface area contributed by atoms with E-state index in [1.165, 1.54) is 11.3 Å². The van der Waals surface area contributed by atoms with Crippen molar-refractivity contribution in [2.45, 2.75) is 6.54 Å². The van der Waals surface area contributed by atoms with Crippen LogP contribution in [0.1, 0.15) is 5.89 Å². The minimum Gasteiger partial charge on any atom is -0.395 e. The molecule has 0 aliphatic carbocycles. The Morgan fingerprint density at radius 2 is 2.05 bits per heavy atom. The summed E-state index contributed by atoms with van der Waals surface area (Å²) in [5.41, 5.74) is 0. The normalized spacial score (nSPS) is 11.4. The maximum atomic E-state index is 8.93. The van der Waals surface area contributed by atoms with E-state index in [1.807, 2.05) is 16.3 Å². The molecule has 0 fully saturated rings. The van der Waals surface area contributed by atoms with Crippen molar-refractivity contribution in [1.29, 1.82) is 0 Å². The molecule has 0 saturated carbocycles. The number of thiophene rings is 1. The summed E-state index contributed by atoms with van der Waals surface area (Å²) in [5.74, 6) is 1.03. The average Bonchev–Trinajstić information content (AvgIpc) is 2.99. The highest BCUT2D eigenvalue weighted by Gasteiger charge is 2.13. The van der Waals surface area contributed by atoms with Gasteiger partial charge in [-0.15, -0.1) is 11.3 Å². The van der Waals surface area contributed by atoms with Crippen LogP contribution in [0.4, 0.5) is 0 Å². The number of aliphatic hydroxyl groups is 2. The third-order valence-corrected chi connectivity index (χ3v) is 4.13. The summed E-state index contributed by atoms with van der Waals surface area (Å²) >= 11 is 4.91. The van der Waals surface area contributed by atoms with Crippen LogP contribution in [0.5, 0.6) is 0 Å². The molecule has 0 spiro atoms. The van der Waals surface area contributed by atoms with Crippen molar-refractivity contribution >= 4 is 27.3 Å². The van der Waals surface area contributed by atoms with E-state index in [2.05, 4.69) is 26.1 Å². The van der Waals surface area contributed by atoms with Gasteiger partial charge in [0.2, 0.25) is 11.7 Å². The van der Waals surface area contributed by atoms with Crippen molar-refractivity contribution in [2.24, 2.45) is 0 Å². The van der Waals surface area contributed by atoms with Crippen LogP contribution in [-0.2, 0) is 6.54 Å². The van der Waals surface area contributed by atoms with E-state index in [1.54, 1.807) is 0 Å². The molecule has 0 aliphatic rings. The van der Waals surface area contributed by atoms with Crippen LogP contribution in [0.3, 0.4) is 0 Å². The molecule has 6 nitrogen and oxygen atoms in total. The second-order valence-electron chi connectivity index (χ2n) is 3.86. The fraction of sp³-hybridized carbons (Fsp3) is 0.455. The molecule has 2 aromatic heterocycles. The average molecular weight is 348 g/mol. The van der Waals surface area contributed by atoms with Crippen molar-refractivity contribution in [1.82, 2.24) is 15.0 Å².